The molecule has 0 unspecified atom stereocenters. The van der Waals surface area contributed by atoms with Crippen molar-refractivity contribution in [1.82, 2.24) is 19.7 Å². The van der Waals surface area contributed by atoms with Crippen LogP contribution in [-0.2, 0) is 0 Å². The van der Waals surface area contributed by atoms with E-state index in [1.165, 1.54) is 32.0 Å². The lowest BCUT2D eigenvalue weighted by atomic mass is 10.1. The molecule has 2 aromatic heterocycles. The molecule has 0 aliphatic heterocycles. The summed E-state index contributed by atoms with van der Waals surface area (Å²) in [7, 11) is 0. The lowest BCUT2D eigenvalue weighted by Gasteiger charge is -2.14. The van der Waals surface area contributed by atoms with E-state index < -0.39 is 0 Å². The van der Waals surface area contributed by atoms with Crippen molar-refractivity contribution in [2.75, 3.05) is 0 Å². The highest BCUT2D eigenvalue weighted by molar-refractivity contribution is 5.72. The zero-order chi connectivity index (χ0) is 11.7. The van der Waals surface area contributed by atoms with Crippen molar-refractivity contribution in [2.24, 2.45) is 0 Å². The molecule has 1 aliphatic rings. The minimum absolute atomic E-state index is 0.102. The number of hydrogen-bond donors (Lipinski definition) is 1. The molecule has 2 aromatic rings. The standard InChI is InChI=1S/C12H16N4O/c17-12-10-7-15-16(11(10)13-8-14-12)9-5-3-1-2-4-6-9/h7-9H,1-6H2,(H,13,14,17). The van der Waals surface area contributed by atoms with Gasteiger partial charge in [-0.2, -0.15) is 5.10 Å². The third kappa shape index (κ3) is 1.85. The number of hydrogen-bond acceptors (Lipinski definition) is 3. The molecule has 2 heterocycles. The van der Waals surface area contributed by atoms with Crippen LogP contribution in [0.4, 0.5) is 0 Å². The van der Waals surface area contributed by atoms with Gasteiger partial charge in [-0.25, -0.2) is 9.67 Å². The van der Waals surface area contributed by atoms with Gasteiger partial charge < -0.3 is 4.98 Å². The third-order valence-corrected chi connectivity index (χ3v) is 3.57. The molecule has 3 rings (SSSR count). The molecule has 1 N–H and O–H groups in total. The van der Waals surface area contributed by atoms with Crippen molar-refractivity contribution in [2.45, 2.75) is 44.6 Å². The molecule has 1 fully saturated rings. The highest BCUT2D eigenvalue weighted by atomic mass is 16.1. The maximum Gasteiger partial charge on any atom is 0.261 e. The second-order valence-corrected chi connectivity index (χ2v) is 4.70. The molecule has 0 aromatic carbocycles. The number of rotatable bonds is 1. The van der Waals surface area contributed by atoms with Gasteiger partial charge in [0.25, 0.3) is 5.56 Å². The minimum Gasteiger partial charge on any atom is -0.312 e. The van der Waals surface area contributed by atoms with Crippen molar-refractivity contribution in [3.8, 4) is 0 Å². The second kappa shape index (κ2) is 4.31. The molecule has 0 bridgehead atoms. The number of aromatic nitrogens is 4. The third-order valence-electron chi connectivity index (χ3n) is 3.57. The Balaban J connectivity index is 2.04. The highest BCUT2D eigenvalue weighted by Crippen LogP contribution is 2.28. The maximum atomic E-state index is 11.6. The van der Waals surface area contributed by atoms with E-state index in [2.05, 4.69) is 15.1 Å². The number of aromatic amines is 1. The first-order valence-corrected chi connectivity index (χ1v) is 6.27. The van der Waals surface area contributed by atoms with E-state index >= 15 is 0 Å². The molecular formula is C12H16N4O. The van der Waals surface area contributed by atoms with Gasteiger partial charge in [-0.1, -0.05) is 25.7 Å². The molecule has 5 nitrogen and oxygen atoms in total. The van der Waals surface area contributed by atoms with Crippen LogP contribution in [0.2, 0.25) is 0 Å². The number of nitrogens with one attached hydrogen (secondary N) is 1. The van der Waals surface area contributed by atoms with Gasteiger partial charge in [-0.3, -0.25) is 4.79 Å². The van der Waals surface area contributed by atoms with Gasteiger partial charge >= 0.3 is 0 Å². The van der Waals surface area contributed by atoms with Crippen LogP contribution in [0.3, 0.4) is 0 Å². The molecule has 1 aliphatic carbocycles. The second-order valence-electron chi connectivity index (χ2n) is 4.70. The van der Waals surface area contributed by atoms with Crippen LogP contribution in [-0.4, -0.2) is 19.7 Å². The molecule has 90 valence electrons. The molecule has 0 atom stereocenters. The summed E-state index contributed by atoms with van der Waals surface area (Å²) in [5.74, 6) is 0. The first-order valence-electron chi connectivity index (χ1n) is 6.27. The van der Waals surface area contributed by atoms with E-state index in [9.17, 15) is 4.79 Å². The fraction of sp³-hybridized carbons (Fsp3) is 0.583. The van der Waals surface area contributed by atoms with E-state index in [1.807, 2.05) is 4.68 Å². The van der Waals surface area contributed by atoms with Crippen LogP contribution in [0.5, 0.6) is 0 Å². The van der Waals surface area contributed by atoms with Crippen molar-refractivity contribution < 1.29 is 0 Å². The van der Waals surface area contributed by atoms with E-state index in [0.29, 0.717) is 11.4 Å². The Bertz CT molecular complexity index is 563. The van der Waals surface area contributed by atoms with Crippen LogP contribution in [0.15, 0.2) is 17.3 Å². The number of fused-ring (bicyclic) bond motifs is 1. The van der Waals surface area contributed by atoms with Gasteiger partial charge in [0, 0.05) is 0 Å². The average molecular weight is 232 g/mol. The van der Waals surface area contributed by atoms with Crippen LogP contribution < -0.4 is 5.56 Å². The summed E-state index contributed by atoms with van der Waals surface area (Å²) in [4.78, 5) is 18.4. The van der Waals surface area contributed by atoms with Gasteiger partial charge in [-0.05, 0) is 12.8 Å². The molecule has 0 saturated heterocycles. The summed E-state index contributed by atoms with van der Waals surface area (Å²) in [6.45, 7) is 0. The summed E-state index contributed by atoms with van der Waals surface area (Å²) in [6.07, 6.45) is 10.5. The summed E-state index contributed by atoms with van der Waals surface area (Å²) in [5, 5.41) is 4.95. The van der Waals surface area contributed by atoms with Gasteiger partial charge in [0.1, 0.15) is 5.39 Å². The Morgan fingerprint density at radius 2 is 2.00 bits per heavy atom. The van der Waals surface area contributed by atoms with Crippen LogP contribution in [0.25, 0.3) is 11.0 Å². The predicted octanol–water partition coefficient (Wildman–Crippen LogP) is 2.01. The largest absolute Gasteiger partial charge is 0.312 e. The van der Waals surface area contributed by atoms with Crippen LogP contribution in [0.1, 0.15) is 44.6 Å². The molecule has 0 amide bonds. The molecule has 0 radical (unpaired) electrons. The van der Waals surface area contributed by atoms with Crippen molar-refractivity contribution in [1.29, 1.82) is 0 Å². The van der Waals surface area contributed by atoms with E-state index in [0.717, 1.165) is 18.5 Å². The van der Waals surface area contributed by atoms with Crippen molar-refractivity contribution in [3.05, 3.63) is 22.9 Å². The molecular weight excluding hydrogens is 216 g/mol. The highest BCUT2D eigenvalue weighted by Gasteiger charge is 2.18. The van der Waals surface area contributed by atoms with E-state index in [-0.39, 0.29) is 5.56 Å². The summed E-state index contributed by atoms with van der Waals surface area (Å²) in [5.41, 5.74) is 0.621. The Morgan fingerprint density at radius 1 is 1.24 bits per heavy atom. The molecule has 17 heavy (non-hydrogen) atoms. The van der Waals surface area contributed by atoms with E-state index in [1.54, 1.807) is 6.20 Å². The van der Waals surface area contributed by atoms with E-state index in [4.69, 9.17) is 0 Å². The van der Waals surface area contributed by atoms with Gasteiger partial charge in [0.05, 0.1) is 18.6 Å². The Morgan fingerprint density at radius 3 is 2.76 bits per heavy atom. The summed E-state index contributed by atoms with van der Waals surface area (Å²) >= 11 is 0. The Hall–Kier alpha value is -1.65. The molecule has 0 spiro atoms. The smallest absolute Gasteiger partial charge is 0.261 e. The SMILES string of the molecule is O=c1[nH]cnc2c1cnn2C1CCCCCC1. The normalized spacial score (nSPS) is 18.4. The zero-order valence-corrected chi connectivity index (χ0v) is 9.72. The number of nitrogens with zero attached hydrogens (tertiary/aromatic N) is 3. The fourth-order valence-electron chi connectivity index (χ4n) is 2.64. The lowest BCUT2D eigenvalue weighted by molar-refractivity contribution is 0.415. The van der Waals surface area contributed by atoms with Crippen LogP contribution in [0, 0.1) is 0 Å². The Kier molecular flexibility index (Phi) is 2.66. The fourth-order valence-corrected chi connectivity index (χ4v) is 2.64. The molecule has 5 heteroatoms. The first kappa shape index (κ1) is 10.5. The monoisotopic (exact) mass is 232 g/mol. The predicted molar refractivity (Wildman–Crippen MR) is 64.9 cm³/mol. The van der Waals surface area contributed by atoms with Crippen molar-refractivity contribution >= 4 is 11.0 Å². The van der Waals surface area contributed by atoms with Gasteiger partial charge in [-0.15, -0.1) is 0 Å². The minimum atomic E-state index is -0.102. The molecule has 1 saturated carbocycles. The maximum absolute atomic E-state index is 11.6. The number of H-pyrrole nitrogens is 1. The van der Waals surface area contributed by atoms with Crippen molar-refractivity contribution in [3.63, 3.8) is 0 Å². The quantitative estimate of drug-likeness (QED) is 0.765. The lowest BCUT2D eigenvalue weighted by Crippen LogP contribution is -2.12. The Labute approximate surface area is 98.9 Å². The average Bonchev–Trinajstić information content (AvgIpc) is 2.59. The van der Waals surface area contributed by atoms with Crippen LogP contribution >= 0.6 is 0 Å². The topological polar surface area (TPSA) is 63.6 Å². The first-order chi connectivity index (χ1) is 8.36. The van der Waals surface area contributed by atoms with Gasteiger partial charge in [0.15, 0.2) is 5.65 Å². The zero-order valence-electron chi connectivity index (χ0n) is 9.72. The summed E-state index contributed by atoms with van der Waals surface area (Å²) in [6, 6.07) is 0.407. The van der Waals surface area contributed by atoms with Gasteiger partial charge in [0.2, 0.25) is 0 Å². The summed E-state index contributed by atoms with van der Waals surface area (Å²) < 4.78 is 1.94.